The molecule has 2 heterocycles. The lowest BCUT2D eigenvalue weighted by molar-refractivity contribution is -0.167. The summed E-state index contributed by atoms with van der Waals surface area (Å²) < 4.78 is 11.0. The molecule has 0 radical (unpaired) electrons. The monoisotopic (exact) mass is 727 g/mol. The minimum Gasteiger partial charge on any atom is -0.460 e. The van der Waals surface area contributed by atoms with Crippen LogP contribution < -0.4 is 5.32 Å². The fraction of sp³-hybridized carbons (Fsp3) is 0.955. The highest BCUT2D eigenvalue weighted by molar-refractivity contribution is 5.76. The SMILES string of the molecule is C.C.CCCCCCCCCCC(O)CN1CC(CCCCCCCCCC)OC(=O)C1C.CCCCCCCCCCC1CNC(C)C(=O)O1. The third-order valence-electron chi connectivity index (χ3n) is 10.5. The van der Waals surface area contributed by atoms with Gasteiger partial charge in [-0.1, -0.05) is 177 Å². The number of hydrogen-bond acceptors (Lipinski definition) is 7. The van der Waals surface area contributed by atoms with Crippen LogP contribution in [0.1, 0.15) is 223 Å². The number of unbranched alkanes of at least 4 members (excludes halogenated alkanes) is 21. The predicted molar refractivity (Wildman–Crippen MR) is 219 cm³/mol. The molecule has 0 bridgehead atoms. The Morgan fingerprint density at radius 1 is 0.608 bits per heavy atom. The van der Waals surface area contributed by atoms with Gasteiger partial charge in [0.2, 0.25) is 0 Å². The Bertz CT molecular complexity index is 779. The Morgan fingerprint density at radius 2 is 1.00 bits per heavy atom. The van der Waals surface area contributed by atoms with Crippen LogP contribution >= 0.6 is 0 Å². The van der Waals surface area contributed by atoms with Crippen molar-refractivity contribution in [3.8, 4) is 0 Å². The van der Waals surface area contributed by atoms with Crippen LogP contribution in [0.15, 0.2) is 0 Å². The molecule has 0 aromatic rings. The summed E-state index contributed by atoms with van der Waals surface area (Å²) in [6.45, 7) is 12.7. The van der Waals surface area contributed by atoms with Crippen molar-refractivity contribution in [2.24, 2.45) is 0 Å². The van der Waals surface area contributed by atoms with Gasteiger partial charge < -0.3 is 19.9 Å². The molecule has 51 heavy (non-hydrogen) atoms. The van der Waals surface area contributed by atoms with Crippen molar-refractivity contribution in [1.29, 1.82) is 0 Å². The van der Waals surface area contributed by atoms with E-state index in [1.165, 1.54) is 141 Å². The number of aliphatic hydroxyl groups is 1. The molecule has 2 fully saturated rings. The summed E-state index contributed by atoms with van der Waals surface area (Å²) in [5, 5.41) is 13.7. The molecule has 2 aliphatic heterocycles. The van der Waals surface area contributed by atoms with Gasteiger partial charge in [0.15, 0.2) is 0 Å². The van der Waals surface area contributed by atoms with E-state index >= 15 is 0 Å². The average molecular weight is 727 g/mol. The number of hydrogen-bond donors (Lipinski definition) is 2. The third kappa shape index (κ3) is 28.0. The number of rotatable bonds is 29. The molecule has 0 aliphatic carbocycles. The van der Waals surface area contributed by atoms with Crippen molar-refractivity contribution in [1.82, 2.24) is 10.2 Å². The summed E-state index contributed by atoms with van der Waals surface area (Å²) >= 11 is 0. The largest absolute Gasteiger partial charge is 0.460 e. The lowest BCUT2D eigenvalue weighted by Gasteiger charge is -2.37. The number of esters is 2. The Balaban J connectivity index is 0. The van der Waals surface area contributed by atoms with Crippen molar-refractivity contribution in [3.63, 3.8) is 0 Å². The number of aliphatic hydroxyl groups excluding tert-OH is 1. The minimum atomic E-state index is -0.336. The van der Waals surface area contributed by atoms with E-state index in [1.807, 2.05) is 13.8 Å². The molecule has 2 aliphatic rings. The topological polar surface area (TPSA) is 88.1 Å². The summed E-state index contributed by atoms with van der Waals surface area (Å²) in [7, 11) is 0. The van der Waals surface area contributed by atoms with Crippen LogP contribution in [0.4, 0.5) is 0 Å². The molecule has 0 spiro atoms. The number of nitrogens with one attached hydrogen (secondary N) is 1. The fourth-order valence-corrected chi connectivity index (χ4v) is 7.00. The molecule has 5 atom stereocenters. The summed E-state index contributed by atoms with van der Waals surface area (Å²) in [5.74, 6) is -0.207. The smallest absolute Gasteiger partial charge is 0.323 e. The molecule has 2 saturated heterocycles. The first-order chi connectivity index (χ1) is 23.8. The van der Waals surface area contributed by atoms with E-state index in [0.29, 0.717) is 6.54 Å². The number of carbonyl (C=O) groups is 2. The highest BCUT2D eigenvalue weighted by atomic mass is 16.6. The molecule has 7 heteroatoms. The maximum Gasteiger partial charge on any atom is 0.323 e. The third-order valence-corrected chi connectivity index (χ3v) is 10.5. The lowest BCUT2D eigenvalue weighted by Crippen LogP contribution is -2.53. The van der Waals surface area contributed by atoms with Crippen molar-refractivity contribution in [2.75, 3.05) is 19.6 Å². The molecule has 0 aromatic heterocycles. The van der Waals surface area contributed by atoms with Crippen LogP contribution in [0.25, 0.3) is 0 Å². The van der Waals surface area contributed by atoms with Gasteiger partial charge in [0.1, 0.15) is 24.3 Å². The molecule has 2 rings (SSSR count). The fourth-order valence-electron chi connectivity index (χ4n) is 7.00. The molecular formula is C44H90N2O5. The molecule has 0 aromatic carbocycles. The maximum absolute atomic E-state index is 12.3. The van der Waals surface area contributed by atoms with Crippen molar-refractivity contribution < 1.29 is 24.2 Å². The highest BCUT2D eigenvalue weighted by Gasteiger charge is 2.34. The van der Waals surface area contributed by atoms with Crippen molar-refractivity contribution in [2.45, 2.75) is 253 Å². The molecule has 0 saturated carbocycles. The van der Waals surface area contributed by atoms with Crippen LogP contribution in [0.3, 0.4) is 0 Å². The minimum absolute atomic E-state index is 0. The zero-order valence-corrected chi connectivity index (χ0v) is 33.1. The molecule has 7 nitrogen and oxygen atoms in total. The maximum atomic E-state index is 12.3. The van der Waals surface area contributed by atoms with Gasteiger partial charge in [-0.25, -0.2) is 0 Å². The Morgan fingerprint density at radius 3 is 1.45 bits per heavy atom. The number of β-amino-alcohol motifs (C(OH)–C–C–N with tert-alkyl or cyclic N) is 1. The van der Waals surface area contributed by atoms with Crippen molar-refractivity contribution in [3.05, 3.63) is 0 Å². The van der Waals surface area contributed by atoms with Crippen LogP contribution in [0, 0.1) is 0 Å². The molecule has 0 amide bonds. The summed E-state index contributed by atoms with van der Waals surface area (Å²) in [6, 6.07) is -0.358. The number of carbonyl (C=O) groups excluding carboxylic acids is 2. The van der Waals surface area contributed by atoms with E-state index in [2.05, 4.69) is 31.0 Å². The number of nitrogens with zero attached hydrogens (tertiary/aromatic N) is 1. The first kappa shape index (κ1) is 51.9. The second-order valence-electron chi connectivity index (χ2n) is 15.3. The molecule has 306 valence electrons. The lowest BCUT2D eigenvalue weighted by atomic mass is 10.0. The van der Waals surface area contributed by atoms with Crippen LogP contribution in [-0.2, 0) is 19.1 Å². The van der Waals surface area contributed by atoms with Gasteiger partial charge in [-0.2, -0.15) is 0 Å². The summed E-state index contributed by atoms with van der Waals surface area (Å²) in [6.07, 6.45) is 33.8. The summed E-state index contributed by atoms with van der Waals surface area (Å²) in [4.78, 5) is 25.8. The Kier molecular flexibility index (Phi) is 36.5. The van der Waals surface area contributed by atoms with Crippen molar-refractivity contribution >= 4 is 11.9 Å². The van der Waals surface area contributed by atoms with Gasteiger partial charge in [0.25, 0.3) is 0 Å². The zero-order chi connectivity index (χ0) is 36.0. The first-order valence-electron chi connectivity index (χ1n) is 21.4. The van der Waals surface area contributed by atoms with E-state index in [0.717, 1.165) is 45.2 Å². The highest BCUT2D eigenvalue weighted by Crippen LogP contribution is 2.20. The average Bonchev–Trinajstić information content (AvgIpc) is 3.09. The molecule has 5 unspecified atom stereocenters. The summed E-state index contributed by atoms with van der Waals surface area (Å²) in [5.41, 5.74) is 0. The van der Waals surface area contributed by atoms with Gasteiger partial charge in [0, 0.05) is 19.6 Å². The van der Waals surface area contributed by atoms with E-state index in [9.17, 15) is 14.7 Å². The second kappa shape index (κ2) is 35.8. The number of cyclic esters (lactones) is 2. The Hall–Kier alpha value is -1.18. The number of morpholine rings is 2. The van der Waals surface area contributed by atoms with E-state index in [1.54, 1.807) is 0 Å². The van der Waals surface area contributed by atoms with Gasteiger partial charge >= 0.3 is 11.9 Å². The predicted octanol–water partition coefficient (Wildman–Crippen LogP) is 11.7. The second-order valence-corrected chi connectivity index (χ2v) is 15.3. The first-order valence-corrected chi connectivity index (χ1v) is 21.4. The van der Waals surface area contributed by atoms with Gasteiger partial charge in [-0.15, -0.1) is 0 Å². The quantitative estimate of drug-likeness (QED) is 0.0586. The Labute approximate surface area is 318 Å². The van der Waals surface area contributed by atoms with Gasteiger partial charge in [0.05, 0.1) is 6.10 Å². The van der Waals surface area contributed by atoms with Gasteiger partial charge in [-0.3, -0.25) is 14.5 Å². The van der Waals surface area contributed by atoms with E-state index in [-0.39, 0.29) is 57.2 Å². The standard InChI is InChI=1S/C27H53NO3.C15H29NO2.2CH4/c1-4-6-8-10-12-14-16-18-20-25(29)22-28-23-26(31-27(30)24(28)3)21-19-17-15-13-11-9-7-5-2;1-3-4-5-6-7-8-9-10-11-14-12-16-13(2)15(17)18-14;;/h24-26,29H,4-23H2,1-3H3;13-14,16H,3-12H2,1-2H3;2*1H4. The van der Waals surface area contributed by atoms with E-state index in [4.69, 9.17) is 9.47 Å². The van der Waals surface area contributed by atoms with E-state index < -0.39 is 0 Å². The molecular weight excluding hydrogens is 636 g/mol. The van der Waals surface area contributed by atoms with Crippen LogP contribution in [0.5, 0.6) is 0 Å². The van der Waals surface area contributed by atoms with Crippen LogP contribution in [-0.4, -0.2) is 72.0 Å². The number of ether oxygens (including phenoxy) is 2. The van der Waals surface area contributed by atoms with Crippen LogP contribution in [0.2, 0.25) is 0 Å². The van der Waals surface area contributed by atoms with Gasteiger partial charge in [-0.05, 0) is 46.0 Å². The zero-order valence-electron chi connectivity index (χ0n) is 33.1. The molecule has 2 N–H and O–H groups in total. The normalized spacial score (nSPS) is 21.1.